The molecule has 0 N–H and O–H groups in total. The summed E-state index contributed by atoms with van der Waals surface area (Å²) in [5.41, 5.74) is 2.54. The number of anilines is 1. The zero-order chi connectivity index (χ0) is 16.2. The maximum atomic E-state index is 6.13. The number of likely N-dealkylation sites (tertiary alicyclic amines) is 1. The molecule has 1 aromatic heterocycles. The number of hydrogen-bond acceptors (Lipinski definition) is 4. The second-order valence-electron chi connectivity index (χ2n) is 6.31. The molecule has 3 rings (SSSR count). The number of para-hydroxylation sites is 1. The first-order chi connectivity index (χ1) is 11.2. The van der Waals surface area contributed by atoms with Crippen LogP contribution >= 0.6 is 0 Å². The quantitative estimate of drug-likeness (QED) is 0.820. The molecule has 1 saturated heterocycles. The van der Waals surface area contributed by atoms with Gasteiger partial charge >= 0.3 is 0 Å². The molecule has 2 heterocycles. The molecule has 4 heteroatoms. The Morgan fingerprint density at radius 2 is 1.96 bits per heavy atom. The first-order valence-corrected chi connectivity index (χ1v) is 8.25. The lowest BCUT2D eigenvalue weighted by molar-refractivity contribution is 0.0140. The highest BCUT2D eigenvalue weighted by Crippen LogP contribution is 2.24. The molecule has 1 aromatic carbocycles. The molecule has 2 aromatic rings. The van der Waals surface area contributed by atoms with E-state index in [0.29, 0.717) is 6.10 Å². The Morgan fingerprint density at radius 1 is 1.17 bits per heavy atom. The maximum Gasteiger partial charge on any atom is 0.127 e. The Labute approximate surface area is 138 Å². The van der Waals surface area contributed by atoms with Crippen LogP contribution in [0.25, 0.3) is 0 Å². The Hall–Kier alpha value is -2.07. The highest BCUT2D eigenvalue weighted by atomic mass is 16.5. The minimum absolute atomic E-state index is 0.303. The van der Waals surface area contributed by atoms with Crippen molar-refractivity contribution in [1.29, 1.82) is 0 Å². The van der Waals surface area contributed by atoms with Gasteiger partial charge in [-0.1, -0.05) is 31.2 Å². The van der Waals surface area contributed by atoms with Crippen LogP contribution in [0.4, 0.5) is 5.82 Å². The molecule has 0 unspecified atom stereocenters. The van der Waals surface area contributed by atoms with Gasteiger partial charge in [-0.2, -0.15) is 0 Å². The summed E-state index contributed by atoms with van der Waals surface area (Å²) in [6.45, 7) is 5.07. The summed E-state index contributed by atoms with van der Waals surface area (Å²) in [6, 6.07) is 12.6. The second kappa shape index (κ2) is 7.01. The SMILES string of the molecule is CCc1ccccc1OC1CN(Cc2ccc(N(C)C)nc2)C1. The topological polar surface area (TPSA) is 28.6 Å². The first-order valence-electron chi connectivity index (χ1n) is 8.25. The second-order valence-corrected chi connectivity index (χ2v) is 6.31. The van der Waals surface area contributed by atoms with Crippen LogP contribution in [0, 0.1) is 0 Å². The third kappa shape index (κ3) is 3.82. The third-order valence-corrected chi connectivity index (χ3v) is 4.24. The first kappa shape index (κ1) is 15.8. The number of ether oxygens (including phenoxy) is 1. The summed E-state index contributed by atoms with van der Waals surface area (Å²) in [5.74, 6) is 2.03. The van der Waals surface area contributed by atoms with Crippen LogP contribution in [-0.4, -0.2) is 43.2 Å². The molecule has 1 aliphatic heterocycles. The summed E-state index contributed by atoms with van der Waals surface area (Å²) in [4.78, 5) is 8.88. The van der Waals surface area contributed by atoms with Crippen molar-refractivity contribution in [3.8, 4) is 5.75 Å². The van der Waals surface area contributed by atoms with Gasteiger partial charge in [-0.15, -0.1) is 0 Å². The fourth-order valence-corrected chi connectivity index (χ4v) is 2.85. The van der Waals surface area contributed by atoms with Crippen molar-refractivity contribution in [2.45, 2.75) is 26.0 Å². The van der Waals surface area contributed by atoms with Gasteiger partial charge in [0.2, 0.25) is 0 Å². The number of hydrogen-bond donors (Lipinski definition) is 0. The average molecular weight is 311 g/mol. The molecule has 0 saturated carbocycles. The van der Waals surface area contributed by atoms with Crippen LogP contribution in [0.2, 0.25) is 0 Å². The molecule has 122 valence electrons. The number of nitrogens with zero attached hydrogens (tertiary/aromatic N) is 3. The number of rotatable bonds is 6. The van der Waals surface area contributed by atoms with Crippen LogP contribution in [0.5, 0.6) is 5.75 Å². The minimum atomic E-state index is 0.303. The van der Waals surface area contributed by atoms with E-state index in [4.69, 9.17) is 4.74 Å². The molecule has 1 fully saturated rings. The zero-order valence-electron chi connectivity index (χ0n) is 14.2. The van der Waals surface area contributed by atoms with Gasteiger partial charge in [-0.05, 0) is 29.7 Å². The standard InChI is InChI=1S/C19H25N3O/c1-4-16-7-5-6-8-18(16)23-17-13-22(14-17)12-15-9-10-19(20-11-15)21(2)3/h5-11,17H,4,12-14H2,1-3H3. The fraction of sp³-hybridized carbons (Fsp3) is 0.421. The van der Waals surface area contributed by atoms with Crippen LogP contribution in [0.1, 0.15) is 18.1 Å². The molecule has 0 spiro atoms. The molecular weight excluding hydrogens is 286 g/mol. The van der Waals surface area contributed by atoms with E-state index >= 15 is 0 Å². The van der Waals surface area contributed by atoms with Gasteiger partial charge in [0.15, 0.2) is 0 Å². The average Bonchev–Trinajstić information content (AvgIpc) is 2.53. The Balaban J connectivity index is 1.49. The van der Waals surface area contributed by atoms with Gasteiger partial charge in [0.1, 0.15) is 17.7 Å². The highest BCUT2D eigenvalue weighted by Gasteiger charge is 2.28. The number of benzene rings is 1. The summed E-state index contributed by atoms with van der Waals surface area (Å²) < 4.78 is 6.13. The van der Waals surface area contributed by atoms with E-state index in [1.807, 2.05) is 31.3 Å². The largest absolute Gasteiger partial charge is 0.487 e. The monoisotopic (exact) mass is 311 g/mol. The van der Waals surface area contributed by atoms with Gasteiger partial charge in [0.25, 0.3) is 0 Å². The normalized spacial score (nSPS) is 15.3. The Kier molecular flexibility index (Phi) is 4.82. The minimum Gasteiger partial charge on any atom is -0.487 e. The molecule has 4 nitrogen and oxygen atoms in total. The van der Waals surface area contributed by atoms with Gasteiger partial charge < -0.3 is 9.64 Å². The van der Waals surface area contributed by atoms with Crippen LogP contribution in [0.3, 0.4) is 0 Å². The van der Waals surface area contributed by atoms with Crippen LogP contribution < -0.4 is 9.64 Å². The highest BCUT2D eigenvalue weighted by molar-refractivity contribution is 5.37. The van der Waals surface area contributed by atoms with Crippen molar-refractivity contribution in [3.63, 3.8) is 0 Å². The van der Waals surface area contributed by atoms with Crippen molar-refractivity contribution in [3.05, 3.63) is 53.7 Å². The summed E-state index contributed by atoms with van der Waals surface area (Å²) in [7, 11) is 4.01. The zero-order valence-corrected chi connectivity index (χ0v) is 14.2. The third-order valence-electron chi connectivity index (χ3n) is 4.24. The van der Waals surface area contributed by atoms with E-state index < -0.39 is 0 Å². The fourth-order valence-electron chi connectivity index (χ4n) is 2.85. The predicted molar refractivity (Wildman–Crippen MR) is 94.1 cm³/mol. The maximum absolute atomic E-state index is 6.13. The molecule has 0 aliphatic carbocycles. The summed E-state index contributed by atoms with van der Waals surface area (Å²) in [6.07, 6.45) is 3.28. The molecule has 1 aliphatic rings. The van der Waals surface area contributed by atoms with Gasteiger partial charge in [0.05, 0.1) is 0 Å². The van der Waals surface area contributed by atoms with E-state index in [0.717, 1.165) is 37.6 Å². The molecule has 0 radical (unpaired) electrons. The smallest absolute Gasteiger partial charge is 0.127 e. The Bertz CT molecular complexity index is 633. The van der Waals surface area contributed by atoms with Crippen molar-refractivity contribution in [2.24, 2.45) is 0 Å². The van der Waals surface area contributed by atoms with E-state index in [-0.39, 0.29) is 0 Å². The molecule has 0 bridgehead atoms. The van der Waals surface area contributed by atoms with E-state index in [2.05, 4.69) is 47.1 Å². The van der Waals surface area contributed by atoms with E-state index in [1.54, 1.807) is 0 Å². The number of aryl methyl sites for hydroxylation is 1. The van der Waals surface area contributed by atoms with E-state index in [9.17, 15) is 0 Å². The molecular formula is C19H25N3O. The van der Waals surface area contributed by atoms with E-state index in [1.165, 1.54) is 11.1 Å². The van der Waals surface area contributed by atoms with Crippen molar-refractivity contribution in [2.75, 3.05) is 32.1 Å². The summed E-state index contributed by atoms with van der Waals surface area (Å²) in [5, 5.41) is 0. The summed E-state index contributed by atoms with van der Waals surface area (Å²) >= 11 is 0. The Morgan fingerprint density at radius 3 is 2.61 bits per heavy atom. The number of pyridine rings is 1. The lowest BCUT2D eigenvalue weighted by atomic mass is 10.1. The van der Waals surface area contributed by atoms with Gasteiger partial charge in [-0.25, -0.2) is 4.98 Å². The number of aromatic nitrogens is 1. The predicted octanol–water partition coefficient (Wildman–Crippen LogP) is 2.97. The van der Waals surface area contributed by atoms with Crippen LogP contribution in [-0.2, 0) is 13.0 Å². The van der Waals surface area contributed by atoms with Crippen molar-refractivity contribution in [1.82, 2.24) is 9.88 Å². The molecule has 0 atom stereocenters. The van der Waals surface area contributed by atoms with Crippen molar-refractivity contribution < 1.29 is 4.74 Å². The van der Waals surface area contributed by atoms with Crippen LogP contribution in [0.15, 0.2) is 42.6 Å². The molecule has 0 amide bonds. The lowest BCUT2D eigenvalue weighted by Crippen LogP contribution is -2.53. The van der Waals surface area contributed by atoms with Gasteiger partial charge in [-0.3, -0.25) is 4.90 Å². The molecule has 23 heavy (non-hydrogen) atoms. The lowest BCUT2D eigenvalue weighted by Gasteiger charge is -2.39. The van der Waals surface area contributed by atoms with Gasteiger partial charge in [0, 0.05) is 39.9 Å². The van der Waals surface area contributed by atoms with Crippen molar-refractivity contribution >= 4 is 5.82 Å².